The molecule has 0 saturated heterocycles. The molecular formula is C15H24ClN3O2. The number of nitrogens with zero attached hydrogens (tertiary/aromatic N) is 2. The molecule has 1 aromatic carbocycles. The molecule has 6 heteroatoms. The second-order valence-electron chi connectivity index (χ2n) is 5.17. The third kappa shape index (κ3) is 5.91. The summed E-state index contributed by atoms with van der Waals surface area (Å²) in [5.41, 5.74) is 6.78. The van der Waals surface area contributed by atoms with Gasteiger partial charge in [0.15, 0.2) is 0 Å². The van der Waals surface area contributed by atoms with Crippen molar-refractivity contribution >= 4 is 23.2 Å². The molecule has 5 nitrogen and oxygen atoms in total. The first kappa shape index (κ1) is 17.8. The molecule has 0 saturated carbocycles. The maximum Gasteiger partial charge on any atom is 0.256 e. The predicted molar refractivity (Wildman–Crippen MR) is 86.8 cm³/mol. The van der Waals surface area contributed by atoms with E-state index in [4.69, 9.17) is 22.1 Å². The van der Waals surface area contributed by atoms with E-state index in [9.17, 15) is 4.79 Å². The Kier molecular flexibility index (Phi) is 7.50. The van der Waals surface area contributed by atoms with E-state index in [0.717, 1.165) is 13.0 Å². The summed E-state index contributed by atoms with van der Waals surface area (Å²) in [6.07, 6.45) is 0.892. The number of benzene rings is 1. The topological polar surface area (TPSA) is 58.8 Å². The van der Waals surface area contributed by atoms with Crippen LogP contribution in [-0.2, 0) is 4.74 Å². The average Bonchev–Trinajstić information content (AvgIpc) is 2.44. The van der Waals surface area contributed by atoms with Gasteiger partial charge in [-0.3, -0.25) is 4.79 Å². The minimum Gasteiger partial charge on any atom is -0.398 e. The predicted octanol–water partition coefficient (Wildman–Crippen LogP) is 1.96. The van der Waals surface area contributed by atoms with Crippen LogP contribution in [0.3, 0.4) is 0 Å². The summed E-state index contributed by atoms with van der Waals surface area (Å²) < 4.78 is 5.08. The molecule has 1 aromatic rings. The van der Waals surface area contributed by atoms with E-state index in [0.29, 0.717) is 36.0 Å². The van der Waals surface area contributed by atoms with Crippen LogP contribution in [0.2, 0.25) is 5.02 Å². The molecule has 0 aliphatic rings. The lowest BCUT2D eigenvalue weighted by molar-refractivity contribution is 0.0690. The zero-order valence-electron chi connectivity index (χ0n) is 12.9. The Morgan fingerprint density at radius 3 is 2.62 bits per heavy atom. The molecule has 0 fully saturated rings. The molecule has 118 valence electrons. The number of methoxy groups -OCH3 is 1. The van der Waals surface area contributed by atoms with Gasteiger partial charge in [-0.2, -0.15) is 0 Å². The standard InChI is InChI=1S/C15H24ClN3O2/c1-18(2)7-4-8-19(9-10-21-3)15(20)13-11-12(16)5-6-14(13)17/h5-6,11H,4,7-10,17H2,1-3H3. The summed E-state index contributed by atoms with van der Waals surface area (Å²) in [7, 11) is 5.64. The van der Waals surface area contributed by atoms with E-state index in [1.165, 1.54) is 0 Å². The number of nitrogen functional groups attached to an aromatic ring is 1. The number of carbonyl (C=O) groups excluding carboxylic acids is 1. The second kappa shape index (κ2) is 8.87. The summed E-state index contributed by atoms with van der Waals surface area (Å²) in [4.78, 5) is 16.5. The Labute approximate surface area is 131 Å². The van der Waals surface area contributed by atoms with Gasteiger partial charge in [0.2, 0.25) is 0 Å². The number of nitrogens with two attached hydrogens (primary N) is 1. The van der Waals surface area contributed by atoms with Crippen molar-refractivity contribution < 1.29 is 9.53 Å². The Morgan fingerprint density at radius 2 is 2.00 bits per heavy atom. The van der Waals surface area contributed by atoms with E-state index < -0.39 is 0 Å². The van der Waals surface area contributed by atoms with Crippen LogP contribution in [0.15, 0.2) is 18.2 Å². The van der Waals surface area contributed by atoms with Crippen LogP contribution in [0.1, 0.15) is 16.8 Å². The van der Waals surface area contributed by atoms with Crippen LogP contribution >= 0.6 is 11.6 Å². The van der Waals surface area contributed by atoms with Crippen LogP contribution in [0.25, 0.3) is 0 Å². The van der Waals surface area contributed by atoms with Crippen molar-refractivity contribution in [3.05, 3.63) is 28.8 Å². The first-order valence-electron chi connectivity index (χ1n) is 6.93. The van der Waals surface area contributed by atoms with Crippen molar-refractivity contribution in [1.82, 2.24) is 9.80 Å². The zero-order chi connectivity index (χ0) is 15.8. The lowest BCUT2D eigenvalue weighted by Crippen LogP contribution is -2.36. The van der Waals surface area contributed by atoms with E-state index in [1.54, 1.807) is 30.2 Å². The van der Waals surface area contributed by atoms with Crippen LogP contribution in [0, 0.1) is 0 Å². The quantitative estimate of drug-likeness (QED) is 0.745. The lowest BCUT2D eigenvalue weighted by atomic mass is 10.1. The number of amides is 1. The Hall–Kier alpha value is -1.30. The second-order valence-corrected chi connectivity index (χ2v) is 5.61. The Morgan fingerprint density at radius 1 is 1.29 bits per heavy atom. The lowest BCUT2D eigenvalue weighted by Gasteiger charge is -2.24. The van der Waals surface area contributed by atoms with Crippen LogP contribution in [-0.4, -0.2) is 63.2 Å². The molecular weight excluding hydrogens is 290 g/mol. The average molecular weight is 314 g/mol. The molecule has 0 spiro atoms. The van der Waals surface area contributed by atoms with Crippen molar-refractivity contribution in [3.63, 3.8) is 0 Å². The first-order chi connectivity index (χ1) is 9.95. The summed E-state index contributed by atoms with van der Waals surface area (Å²) in [5.74, 6) is -0.106. The Bertz CT molecular complexity index is 466. The van der Waals surface area contributed by atoms with Crippen LogP contribution in [0.5, 0.6) is 0 Å². The summed E-state index contributed by atoms with van der Waals surface area (Å²) in [6, 6.07) is 4.95. The minimum absolute atomic E-state index is 0.106. The maximum absolute atomic E-state index is 12.6. The van der Waals surface area contributed by atoms with Gasteiger partial charge in [0.05, 0.1) is 12.2 Å². The van der Waals surface area contributed by atoms with Crippen molar-refractivity contribution in [1.29, 1.82) is 0 Å². The minimum atomic E-state index is -0.106. The molecule has 0 unspecified atom stereocenters. The molecule has 2 N–H and O–H groups in total. The number of ether oxygens (including phenoxy) is 1. The highest BCUT2D eigenvalue weighted by Gasteiger charge is 2.18. The van der Waals surface area contributed by atoms with Crippen molar-refractivity contribution in [3.8, 4) is 0 Å². The van der Waals surface area contributed by atoms with Gasteiger partial charge >= 0.3 is 0 Å². The molecule has 0 atom stereocenters. The maximum atomic E-state index is 12.6. The highest BCUT2D eigenvalue weighted by molar-refractivity contribution is 6.31. The SMILES string of the molecule is COCCN(CCCN(C)C)C(=O)c1cc(Cl)ccc1N. The molecule has 0 aliphatic carbocycles. The number of anilines is 1. The number of hydrogen-bond donors (Lipinski definition) is 1. The monoisotopic (exact) mass is 313 g/mol. The van der Waals surface area contributed by atoms with Gasteiger partial charge in [0.25, 0.3) is 5.91 Å². The van der Waals surface area contributed by atoms with E-state index in [-0.39, 0.29) is 5.91 Å². The zero-order valence-corrected chi connectivity index (χ0v) is 13.7. The van der Waals surface area contributed by atoms with Gasteiger partial charge in [-0.25, -0.2) is 0 Å². The summed E-state index contributed by atoms with van der Waals surface area (Å²) in [5, 5.41) is 0.507. The van der Waals surface area contributed by atoms with Gasteiger partial charge in [0.1, 0.15) is 0 Å². The third-order valence-electron chi connectivity index (χ3n) is 3.13. The van der Waals surface area contributed by atoms with Gasteiger partial charge in [-0.15, -0.1) is 0 Å². The molecule has 1 rings (SSSR count). The van der Waals surface area contributed by atoms with Gasteiger partial charge in [0, 0.05) is 30.9 Å². The van der Waals surface area contributed by atoms with Crippen LogP contribution < -0.4 is 5.73 Å². The highest BCUT2D eigenvalue weighted by Crippen LogP contribution is 2.19. The van der Waals surface area contributed by atoms with Crippen LogP contribution in [0.4, 0.5) is 5.69 Å². The third-order valence-corrected chi connectivity index (χ3v) is 3.37. The Balaban J connectivity index is 2.80. The van der Waals surface area contributed by atoms with Gasteiger partial charge < -0.3 is 20.3 Å². The van der Waals surface area contributed by atoms with E-state index >= 15 is 0 Å². The first-order valence-corrected chi connectivity index (χ1v) is 7.31. The highest BCUT2D eigenvalue weighted by atomic mass is 35.5. The molecule has 0 bridgehead atoms. The number of halogens is 1. The molecule has 0 aliphatic heterocycles. The normalized spacial score (nSPS) is 10.9. The molecule has 0 heterocycles. The fourth-order valence-electron chi connectivity index (χ4n) is 1.98. The van der Waals surface area contributed by atoms with Crippen molar-refractivity contribution in [2.24, 2.45) is 0 Å². The van der Waals surface area contributed by atoms with E-state index in [1.807, 2.05) is 14.1 Å². The van der Waals surface area contributed by atoms with Crippen molar-refractivity contribution in [2.75, 3.05) is 53.2 Å². The number of carbonyl (C=O) groups is 1. The molecule has 21 heavy (non-hydrogen) atoms. The molecule has 1 amide bonds. The largest absolute Gasteiger partial charge is 0.398 e. The fraction of sp³-hybridized carbons (Fsp3) is 0.533. The van der Waals surface area contributed by atoms with Gasteiger partial charge in [-0.05, 0) is 45.3 Å². The smallest absolute Gasteiger partial charge is 0.256 e. The number of rotatable bonds is 8. The van der Waals surface area contributed by atoms with Gasteiger partial charge in [-0.1, -0.05) is 11.6 Å². The molecule has 0 radical (unpaired) electrons. The van der Waals surface area contributed by atoms with Crippen molar-refractivity contribution in [2.45, 2.75) is 6.42 Å². The number of hydrogen-bond acceptors (Lipinski definition) is 4. The fourth-order valence-corrected chi connectivity index (χ4v) is 2.15. The molecule has 0 aromatic heterocycles. The summed E-state index contributed by atoms with van der Waals surface area (Å²) >= 11 is 5.96. The van der Waals surface area contributed by atoms with E-state index in [2.05, 4.69) is 4.90 Å². The summed E-state index contributed by atoms with van der Waals surface area (Å²) in [6.45, 7) is 2.61.